The first kappa shape index (κ1) is 15.8. The maximum atomic E-state index is 5.56. The van der Waals surface area contributed by atoms with Crippen LogP contribution in [0.15, 0.2) is 0 Å². The van der Waals surface area contributed by atoms with E-state index in [2.05, 4.69) is 45.9 Å². The Morgan fingerprint density at radius 1 is 1.24 bits per heavy atom. The molecule has 1 fully saturated rings. The van der Waals surface area contributed by atoms with E-state index in [-0.39, 0.29) is 0 Å². The number of ether oxygens (including phenoxy) is 1. The second-order valence-electron chi connectivity index (χ2n) is 5.91. The van der Waals surface area contributed by atoms with Gasteiger partial charge in [0.2, 0.25) is 11.9 Å². The molecule has 0 bridgehead atoms. The van der Waals surface area contributed by atoms with Gasteiger partial charge in [0, 0.05) is 20.1 Å². The molecule has 21 heavy (non-hydrogen) atoms. The lowest BCUT2D eigenvalue weighted by Crippen LogP contribution is -2.36. The van der Waals surface area contributed by atoms with Crippen LogP contribution in [-0.2, 0) is 0 Å². The maximum absolute atomic E-state index is 5.56. The summed E-state index contributed by atoms with van der Waals surface area (Å²) >= 11 is 0. The largest absolute Gasteiger partial charge is 0.463 e. The first-order chi connectivity index (χ1) is 10.1. The summed E-state index contributed by atoms with van der Waals surface area (Å²) in [5.41, 5.74) is 0. The molecule has 1 aliphatic rings. The van der Waals surface area contributed by atoms with Crippen molar-refractivity contribution in [2.24, 2.45) is 11.8 Å². The number of aromatic nitrogens is 3. The van der Waals surface area contributed by atoms with Crippen LogP contribution in [-0.4, -0.2) is 41.7 Å². The third-order valence-electron chi connectivity index (χ3n) is 4.03. The smallest absolute Gasteiger partial charge is 0.323 e. The summed E-state index contributed by atoms with van der Waals surface area (Å²) in [4.78, 5) is 15.4. The zero-order chi connectivity index (χ0) is 15.2. The van der Waals surface area contributed by atoms with Crippen molar-refractivity contribution in [1.29, 1.82) is 0 Å². The van der Waals surface area contributed by atoms with Crippen LogP contribution in [0.1, 0.15) is 40.0 Å². The van der Waals surface area contributed by atoms with Gasteiger partial charge in [-0.2, -0.15) is 15.0 Å². The number of nitrogens with one attached hydrogen (secondary N) is 1. The Labute approximate surface area is 127 Å². The second kappa shape index (κ2) is 7.43. The van der Waals surface area contributed by atoms with Crippen molar-refractivity contribution in [3.8, 4) is 6.01 Å². The molecule has 0 unspecified atom stereocenters. The number of rotatable bonds is 6. The van der Waals surface area contributed by atoms with Crippen LogP contribution in [0.2, 0.25) is 0 Å². The predicted molar refractivity (Wildman–Crippen MR) is 84.9 cm³/mol. The molecule has 6 nitrogen and oxygen atoms in total. The molecule has 1 aliphatic heterocycles. The van der Waals surface area contributed by atoms with Crippen molar-refractivity contribution < 1.29 is 4.74 Å². The molecule has 0 saturated carbocycles. The van der Waals surface area contributed by atoms with Crippen LogP contribution in [0.5, 0.6) is 6.01 Å². The minimum atomic E-state index is 0.414. The fourth-order valence-corrected chi connectivity index (χ4v) is 2.62. The van der Waals surface area contributed by atoms with Crippen molar-refractivity contribution in [2.75, 3.05) is 37.0 Å². The lowest BCUT2D eigenvalue weighted by atomic mass is 9.87. The van der Waals surface area contributed by atoms with Crippen molar-refractivity contribution in [3.05, 3.63) is 0 Å². The number of hydrogen-bond acceptors (Lipinski definition) is 6. The number of anilines is 2. The third-order valence-corrected chi connectivity index (χ3v) is 4.03. The molecule has 0 amide bonds. The zero-order valence-corrected chi connectivity index (χ0v) is 13.6. The standard InChI is InChI=1S/C15H27N5O/c1-5-10-21-15-18-13(16-4)17-14(19-15)20-8-6-12(7-9-20)11(2)3/h11-12H,5-10H2,1-4H3,(H,16,17,18,19). The Morgan fingerprint density at radius 3 is 2.52 bits per heavy atom. The van der Waals surface area contributed by atoms with Gasteiger partial charge in [0.15, 0.2) is 0 Å². The van der Waals surface area contributed by atoms with Crippen molar-refractivity contribution >= 4 is 11.9 Å². The highest BCUT2D eigenvalue weighted by molar-refractivity contribution is 5.38. The first-order valence-electron chi connectivity index (χ1n) is 7.95. The molecule has 0 spiro atoms. The van der Waals surface area contributed by atoms with Crippen molar-refractivity contribution in [3.63, 3.8) is 0 Å². The molecule has 2 heterocycles. The highest BCUT2D eigenvalue weighted by Gasteiger charge is 2.24. The van der Waals surface area contributed by atoms with Gasteiger partial charge in [-0.1, -0.05) is 20.8 Å². The molecule has 2 rings (SSSR count). The quantitative estimate of drug-likeness (QED) is 0.869. The van der Waals surface area contributed by atoms with Crippen LogP contribution in [0, 0.1) is 11.8 Å². The Kier molecular flexibility index (Phi) is 5.59. The SMILES string of the molecule is CCCOc1nc(NC)nc(N2CCC(C(C)C)CC2)n1. The molecule has 118 valence electrons. The molecule has 1 saturated heterocycles. The van der Waals surface area contributed by atoms with Gasteiger partial charge in [0.25, 0.3) is 0 Å². The second-order valence-corrected chi connectivity index (χ2v) is 5.91. The van der Waals surface area contributed by atoms with Crippen LogP contribution in [0.25, 0.3) is 0 Å². The summed E-state index contributed by atoms with van der Waals surface area (Å²) in [6.45, 7) is 9.31. The summed E-state index contributed by atoms with van der Waals surface area (Å²) in [7, 11) is 1.81. The average Bonchev–Trinajstić information content (AvgIpc) is 2.52. The van der Waals surface area contributed by atoms with Crippen LogP contribution in [0.3, 0.4) is 0 Å². The van der Waals surface area contributed by atoms with Crippen molar-refractivity contribution in [1.82, 2.24) is 15.0 Å². The Morgan fingerprint density at radius 2 is 1.95 bits per heavy atom. The summed E-state index contributed by atoms with van der Waals surface area (Å²) in [5.74, 6) is 2.85. The fraction of sp³-hybridized carbons (Fsp3) is 0.800. The van der Waals surface area contributed by atoms with Gasteiger partial charge < -0.3 is 15.0 Å². The van der Waals surface area contributed by atoms with Gasteiger partial charge in [-0.25, -0.2) is 0 Å². The van der Waals surface area contributed by atoms with Gasteiger partial charge in [0.1, 0.15) is 0 Å². The fourth-order valence-electron chi connectivity index (χ4n) is 2.62. The summed E-state index contributed by atoms with van der Waals surface area (Å²) < 4.78 is 5.56. The highest BCUT2D eigenvalue weighted by atomic mass is 16.5. The van der Waals surface area contributed by atoms with Crippen LogP contribution < -0.4 is 15.0 Å². The normalized spacial score (nSPS) is 16.3. The highest BCUT2D eigenvalue weighted by Crippen LogP contribution is 2.27. The lowest BCUT2D eigenvalue weighted by molar-refractivity contribution is 0.289. The van der Waals surface area contributed by atoms with Crippen LogP contribution >= 0.6 is 0 Å². The van der Waals surface area contributed by atoms with E-state index in [0.717, 1.165) is 37.3 Å². The lowest BCUT2D eigenvalue weighted by Gasteiger charge is -2.33. The van der Waals surface area contributed by atoms with Gasteiger partial charge in [-0.3, -0.25) is 0 Å². The molecule has 0 aromatic carbocycles. The third kappa shape index (κ3) is 4.19. The molecular formula is C15H27N5O. The van der Waals surface area contributed by atoms with E-state index in [0.29, 0.717) is 18.6 Å². The molecule has 1 aromatic rings. The van der Waals surface area contributed by atoms with Gasteiger partial charge >= 0.3 is 6.01 Å². The monoisotopic (exact) mass is 293 g/mol. The Balaban J connectivity index is 2.08. The number of hydrogen-bond donors (Lipinski definition) is 1. The van der Waals surface area contributed by atoms with E-state index >= 15 is 0 Å². The van der Waals surface area contributed by atoms with Gasteiger partial charge in [0.05, 0.1) is 6.61 Å². The van der Waals surface area contributed by atoms with Crippen molar-refractivity contribution in [2.45, 2.75) is 40.0 Å². The summed E-state index contributed by atoms with van der Waals surface area (Å²) in [6.07, 6.45) is 3.34. The minimum Gasteiger partial charge on any atom is -0.463 e. The topological polar surface area (TPSA) is 63.2 Å². The van der Waals surface area contributed by atoms with E-state index in [1.54, 1.807) is 0 Å². The Hall–Kier alpha value is -1.59. The molecule has 1 aromatic heterocycles. The number of nitrogens with zero attached hydrogens (tertiary/aromatic N) is 4. The first-order valence-corrected chi connectivity index (χ1v) is 7.95. The predicted octanol–water partition coefficient (Wildman–Crippen LogP) is 2.57. The molecule has 0 radical (unpaired) electrons. The molecule has 1 N–H and O–H groups in total. The van der Waals surface area contributed by atoms with Gasteiger partial charge in [-0.05, 0) is 31.1 Å². The number of piperidine rings is 1. The molecule has 6 heteroatoms. The van der Waals surface area contributed by atoms with E-state index in [1.807, 2.05) is 7.05 Å². The van der Waals surface area contributed by atoms with E-state index in [9.17, 15) is 0 Å². The van der Waals surface area contributed by atoms with E-state index in [4.69, 9.17) is 4.74 Å². The van der Waals surface area contributed by atoms with E-state index in [1.165, 1.54) is 12.8 Å². The minimum absolute atomic E-state index is 0.414. The van der Waals surface area contributed by atoms with E-state index < -0.39 is 0 Å². The average molecular weight is 293 g/mol. The molecule has 0 atom stereocenters. The maximum Gasteiger partial charge on any atom is 0.323 e. The Bertz CT molecular complexity index is 444. The molecule has 0 aliphatic carbocycles. The van der Waals surface area contributed by atoms with Gasteiger partial charge in [-0.15, -0.1) is 0 Å². The van der Waals surface area contributed by atoms with Crippen LogP contribution in [0.4, 0.5) is 11.9 Å². The summed E-state index contributed by atoms with van der Waals surface area (Å²) in [5, 5.41) is 2.98. The summed E-state index contributed by atoms with van der Waals surface area (Å²) in [6, 6.07) is 0.414. The zero-order valence-electron chi connectivity index (χ0n) is 13.6. The molecular weight excluding hydrogens is 266 g/mol.